The number of carbonyl (C=O) groups is 2. The number of aliphatic hydroxyl groups excluding tert-OH is 1. The van der Waals surface area contributed by atoms with Crippen molar-refractivity contribution in [3.05, 3.63) is 65.9 Å². The fourth-order valence-corrected chi connectivity index (χ4v) is 2.86. The number of carbonyl (C=O) groups excluding carboxylic acids is 2. The van der Waals surface area contributed by atoms with Crippen LogP contribution in [-0.2, 0) is 22.8 Å². The molecule has 0 aliphatic heterocycles. The molecule has 0 radical (unpaired) electrons. The van der Waals surface area contributed by atoms with Gasteiger partial charge in [0, 0.05) is 31.0 Å². The van der Waals surface area contributed by atoms with Crippen molar-refractivity contribution in [1.29, 1.82) is 0 Å². The van der Waals surface area contributed by atoms with Gasteiger partial charge in [-0.05, 0) is 47.3 Å². The van der Waals surface area contributed by atoms with Crippen LogP contribution in [0.25, 0.3) is 10.9 Å². The zero-order chi connectivity index (χ0) is 21.2. The maximum Gasteiger partial charge on any atom is 0.416 e. The molecule has 0 saturated carbocycles. The lowest BCUT2D eigenvalue weighted by molar-refractivity contribution is -0.137. The average Bonchev–Trinajstić information content (AvgIpc) is 3.05. The summed E-state index contributed by atoms with van der Waals surface area (Å²) in [5, 5.41) is 15.5. The van der Waals surface area contributed by atoms with Crippen LogP contribution < -0.4 is 10.6 Å². The van der Waals surface area contributed by atoms with Gasteiger partial charge in [0.25, 0.3) is 0 Å². The third-order valence-corrected chi connectivity index (χ3v) is 4.40. The molecular weight excluding hydrogens is 387 g/mol. The number of hydrogen-bond acceptors (Lipinski definition) is 3. The van der Waals surface area contributed by atoms with Crippen molar-refractivity contribution in [3.63, 3.8) is 0 Å². The topological polar surface area (TPSA) is 83.4 Å². The molecule has 2 aromatic carbocycles. The van der Waals surface area contributed by atoms with E-state index in [-0.39, 0.29) is 12.2 Å². The zero-order valence-electron chi connectivity index (χ0n) is 15.3. The van der Waals surface area contributed by atoms with Crippen molar-refractivity contribution in [2.45, 2.75) is 12.3 Å². The van der Waals surface area contributed by atoms with Gasteiger partial charge in [-0.1, -0.05) is 12.1 Å². The first kappa shape index (κ1) is 20.4. The van der Waals surface area contributed by atoms with Crippen LogP contribution in [0.5, 0.6) is 0 Å². The predicted octanol–water partition coefficient (Wildman–Crippen LogP) is 2.99. The molecule has 0 saturated heterocycles. The molecule has 0 aliphatic rings. The Bertz CT molecular complexity index is 1060. The standard InChI is InChI=1S/C20H18F3N3O3/c1-26-8-7-12-9-13(5-6-16(12)26)17(27)11-24-18(28)19(29)25-15-4-2-3-14(10-15)20(21,22)23/h2-10,17,27H,11H2,1H3,(H,24,28)(H,25,29). The van der Waals surface area contributed by atoms with E-state index in [4.69, 9.17) is 0 Å². The number of nitrogens with one attached hydrogen (secondary N) is 2. The van der Waals surface area contributed by atoms with Gasteiger partial charge in [0.05, 0.1) is 11.7 Å². The summed E-state index contributed by atoms with van der Waals surface area (Å²) in [6.45, 7) is -0.229. The number of nitrogens with zero attached hydrogens (tertiary/aromatic N) is 1. The molecule has 0 spiro atoms. The van der Waals surface area contributed by atoms with E-state index in [1.54, 1.807) is 12.1 Å². The highest BCUT2D eigenvalue weighted by Gasteiger charge is 2.30. The van der Waals surface area contributed by atoms with E-state index in [1.807, 2.05) is 29.9 Å². The van der Waals surface area contributed by atoms with E-state index in [2.05, 4.69) is 10.6 Å². The third kappa shape index (κ3) is 4.75. The summed E-state index contributed by atoms with van der Waals surface area (Å²) in [5.41, 5.74) is 0.435. The lowest BCUT2D eigenvalue weighted by Crippen LogP contribution is -2.37. The van der Waals surface area contributed by atoms with E-state index in [1.165, 1.54) is 6.07 Å². The lowest BCUT2D eigenvalue weighted by atomic mass is 10.1. The van der Waals surface area contributed by atoms with E-state index in [0.717, 1.165) is 29.1 Å². The molecule has 1 heterocycles. The second kappa shape index (κ2) is 7.96. The highest BCUT2D eigenvalue weighted by Crippen LogP contribution is 2.30. The highest BCUT2D eigenvalue weighted by atomic mass is 19.4. The number of anilines is 1. The van der Waals surface area contributed by atoms with Crippen LogP contribution in [-0.4, -0.2) is 28.0 Å². The smallest absolute Gasteiger partial charge is 0.387 e. The Morgan fingerprint density at radius 3 is 2.59 bits per heavy atom. The number of fused-ring (bicyclic) bond motifs is 1. The molecule has 3 aromatic rings. The molecule has 1 atom stereocenters. The summed E-state index contributed by atoms with van der Waals surface area (Å²) in [6, 6.07) is 11.1. The number of alkyl halides is 3. The van der Waals surface area contributed by atoms with Crippen LogP contribution in [0.2, 0.25) is 0 Å². The Hall–Kier alpha value is -3.33. The number of amides is 2. The Morgan fingerprint density at radius 2 is 1.86 bits per heavy atom. The Balaban J connectivity index is 1.58. The minimum absolute atomic E-state index is 0.157. The summed E-state index contributed by atoms with van der Waals surface area (Å²) in [6.07, 6.45) is -3.74. The quantitative estimate of drug-likeness (QED) is 0.584. The van der Waals surface area contributed by atoms with Gasteiger partial charge in [-0.15, -0.1) is 0 Å². The van der Waals surface area contributed by atoms with Crippen molar-refractivity contribution in [1.82, 2.24) is 9.88 Å². The normalized spacial score (nSPS) is 12.6. The summed E-state index contributed by atoms with van der Waals surface area (Å²) in [5.74, 6) is -2.20. The number of rotatable bonds is 4. The van der Waals surface area contributed by atoms with Crippen molar-refractivity contribution < 1.29 is 27.9 Å². The van der Waals surface area contributed by atoms with Crippen molar-refractivity contribution >= 4 is 28.4 Å². The van der Waals surface area contributed by atoms with E-state index in [9.17, 15) is 27.9 Å². The molecule has 0 fully saturated rings. The first-order valence-corrected chi connectivity index (χ1v) is 8.64. The molecule has 6 nitrogen and oxygen atoms in total. The molecule has 1 unspecified atom stereocenters. The maximum atomic E-state index is 12.7. The Kier molecular flexibility index (Phi) is 5.60. The van der Waals surface area contributed by atoms with Crippen molar-refractivity contribution in [2.24, 2.45) is 7.05 Å². The first-order valence-electron chi connectivity index (χ1n) is 8.64. The monoisotopic (exact) mass is 405 g/mol. The van der Waals surface area contributed by atoms with Gasteiger partial charge in [0.2, 0.25) is 0 Å². The third-order valence-electron chi connectivity index (χ3n) is 4.40. The molecule has 3 rings (SSSR count). The largest absolute Gasteiger partial charge is 0.416 e. The molecule has 29 heavy (non-hydrogen) atoms. The van der Waals surface area contributed by atoms with Gasteiger partial charge >= 0.3 is 18.0 Å². The highest BCUT2D eigenvalue weighted by molar-refractivity contribution is 6.39. The summed E-state index contributed by atoms with van der Waals surface area (Å²) in [7, 11) is 1.89. The fourth-order valence-electron chi connectivity index (χ4n) is 2.86. The summed E-state index contributed by atoms with van der Waals surface area (Å²) < 4.78 is 40.1. The number of hydrogen-bond donors (Lipinski definition) is 3. The van der Waals surface area contributed by atoms with E-state index < -0.39 is 29.7 Å². The summed E-state index contributed by atoms with van der Waals surface area (Å²) in [4.78, 5) is 23.8. The van der Waals surface area contributed by atoms with Gasteiger partial charge in [-0.2, -0.15) is 13.2 Å². The molecule has 1 aromatic heterocycles. The average molecular weight is 405 g/mol. The molecule has 3 N–H and O–H groups in total. The Morgan fingerprint density at radius 1 is 1.10 bits per heavy atom. The van der Waals surface area contributed by atoms with Crippen LogP contribution >= 0.6 is 0 Å². The van der Waals surface area contributed by atoms with Crippen LogP contribution in [0.4, 0.5) is 18.9 Å². The minimum Gasteiger partial charge on any atom is -0.387 e. The fraction of sp³-hybridized carbons (Fsp3) is 0.200. The zero-order valence-corrected chi connectivity index (χ0v) is 15.3. The second-order valence-electron chi connectivity index (χ2n) is 6.50. The SMILES string of the molecule is Cn1ccc2cc(C(O)CNC(=O)C(=O)Nc3cccc(C(F)(F)F)c3)ccc21. The molecule has 0 bridgehead atoms. The van der Waals surface area contributed by atoms with Gasteiger partial charge < -0.3 is 20.3 Å². The van der Waals surface area contributed by atoms with E-state index >= 15 is 0 Å². The first-order chi connectivity index (χ1) is 13.6. The number of aliphatic hydroxyl groups is 1. The number of benzene rings is 2. The summed E-state index contributed by atoms with van der Waals surface area (Å²) >= 11 is 0. The number of halogens is 3. The van der Waals surface area contributed by atoms with Gasteiger partial charge in [0.1, 0.15) is 0 Å². The molecule has 152 valence electrons. The van der Waals surface area contributed by atoms with Crippen LogP contribution in [0, 0.1) is 0 Å². The minimum atomic E-state index is -4.56. The van der Waals surface area contributed by atoms with Gasteiger partial charge in [-0.3, -0.25) is 9.59 Å². The second-order valence-corrected chi connectivity index (χ2v) is 6.50. The lowest BCUT2D eigenvalue weighted by Gasteiger charge is -2.13. The molecule has 2 amide bonds. The molecule has 9 heteroatoms. The van der Waals surface area contributed by atoms with Crippen LogP contribution in [0.15, 0.2) is 54.7 Å². The van der Waals surface area contributed by atoms with Crippen LogP contribution in [0.1, 0.15) is 17.2 Å². The maximum absolute atomic E-state index is 12.7. The predicted molar refractivity (Wildman–Crippen MR) is 101 cm³/mol. The van der Waals surface area contributed by atoms with E-state index in [0.29, 0.717) is 5.56 Å². The molecule has 0 aliphatic carbocycles. The van der Waals surface area contributed by atoms with Crippen molar-refractivity contribution in [2.75, 3.05) is 11.9 Å². The van der Waals surface area contributed by atoms with Crippen molar-refractivity contribution in [3.8, 4) is 0 Å². The number of aromatic nitrogens is 1. The van der Waals surface area contributed by atoms with Crippen LogP contribution in [0.3, 0.4) is 0 Å². The van der Waals surface area contributed by atoms with Gasteiger partial charge in [0.15, 0.2) is 0 Å². The number of aryl methyl sites for hydroxylation is 1. The molecular formula is C20H18F3N3O3. The Labute approximate surface area is 163 Å². The van der Waals surface area contributed by atoms with Gasteiger partial charge in [-0.25, -0.2) is 0 Å².